The lowest BCUT2D eigenvalue weighted by molar-refractivity contribution is -0.383. The van der Waals surface area contributed by atoms with Crippen molar-refractivity contribution in [2.45, 2.75) is 47.5 Å². The van der Waals surface area contributed by atoms with Crippen molar-refractivity contribution in [3.63, 3.8) is 0 Å². The number of hydrogen-bond donors (Lipinski definition) is 0. The van der Waals surface area contributed by atoms with Crippen LogP contribution in [0.3, 0.4) is 0 Å². The number of furan rings is 1. The fraction of sp³-hybridized carbons (Fsp3) is 0.467. The minimum atomic E-state index is -0.392. The maximum atomic E-state index is 10.7. The topological polar surface area (TPSA) is 56.3 Å². The van der Waals surface area contributed by atoms with E-state index in [4.69, 9.17) is 4.42 Å². The molecule has 19 heavy (non-hydrogen) atoms. The molecule has 4 heteroatoms. The van der Waals surface area contributed by atoms with Crippen LogP contribution in [-0.4, -0.2) is 4.92 Å². The van der Waals surface area contributed by atoms with Crippen molar-refractivity contribution in [1.82, 2.24) is 0 Å². The van der Waals surface area contributed by atoms with E-state index in [2.05, 4.69) is 13.8 Å². The van der Waals surface area contributed by atoms with Gasteiger partial charge in [0.2, 0.25) is 0 Å². The van der Waals surface area contributed by atoms with E-state index in [1.165, 1.54) is 18.8 Å². The number of nitro groups is 1. The number of aryl methyl sites for hydroxylation is 1. The van der Waals surface area contributed by atoms with Gasteiger partial charge in [-0.05, 0) is 24.1 Å². The Labute approximate surface area is 114 Å². The van der Waals surface area contributed by atoms with Crippen LogP contribution in [0.1, 0.15) is 46.6 Å². The van der Waals surface area contributed by atoms with Crippen LogP contribution in [0.2, 0.25) is 0 Å². The van der Waals surface area contributed by atoms with Crippen molar-refractivity contribution >= 4 is 16.7 Å². The number of fused-ring (bicyclic) bond motifs is 1. The average molecular weight is 265 g/mol. The van der Waals surface area contributed by atoms with E-state index in [1.54, 1.807) is 12.1 Å². The highest BCUT2D eigenvalue weighted by Gasteiger charge is 2.15. The summed E-state index contributed by atoms with van der Waals surface area (Å²) in [6.07, 6.45) is 3.54. The summed E-state index contributed by atoms with van der Waals surface area (Å²) in [6.45, 7) is 10.2. The molecule has 0 atom stereocenters. The molecule has 0 amide bonds. The fourth-order valence-electron chi connectivity index (χ4n) is 1.54. The lowest BCUT2D eigenvalue weighted by Gasteiger charge is -1.98. The zero-order valence-corrected chi connectivity index (χ0v) is 12.4. The summed E-state index contributed by atoms with van der Waals surface area (Å²) in [5.74, 6) is 0. The molecule has 1 aromatic heterocycles. The molecule has 0 aliphatic heterocycles. The summed E-state index contributed by atoms with van der Waals surface area (Å²) in [7, 11) is 0. The van der Waals surface area contributed by atoms with E-state index in [1.807, 2.05) is 20.8 Å². The first kappa shape index (κ1) is 17.2. The molecule has 0 aliphatic carbocycles. The average Bonchev–Trinajstić information content (AvgIpc) is 2.89. The van der Waals surface area contributed by atoms with Crippen molar-refractivity contribution in [2.24, 2.45) is 0 Å². The van der Waals surface area contributed by atoms with E-state index in [-0.39, 0.29) is 5.69 Å². The Morgan fingerprint density at radius 1 is 1.16 bits per heavy atom. The number of benzene rings is 1. The summed E-state index contributed by atoms with van der Waals surface area (Å²) < 4.78 is 5.23. The molecular formula is C15H23NO3. The first-order chi connectivity index (χ1) is 9.15. The monoisotopic (exact) mass is 265 g/mol. The Hall–Kier alpha value is -1.84. The van der Waals surface area contributed by atoms with Gasteiger partial charge in [-0.3, -0.25) is 10.1 Å². The molecule has 2 rings (SSSR count). The first-order valence-corrected chi connectivity index (χ1v) is 6.79. The molecular weight excluding hydrogens is 242 g/mol. The van der Waals surface area contributed by atoms with Crippen LogP contribution in [0, 0.1) is 10.1 Å². The Morgan fingerprint density at radius 2 is 1.74 bits per heavy atom. The van der Waals surface area contributed by atoms with Crippen molar-refractivity contribution < 1.29 is 9.34 Å². The van der Waals surface area contributed by atoms with Crippen molar-refractivity contribution in [3.8, 4) is 0 Å². The summed E-state index contributed by atoms with van der Waals surface area (Å²) in [4.78, 5) is 10.3. The summed E-state index contributed by atoms with van der Waals surface area (Å²) in [6, 6.07) is 4.90. The smallest absolute Gasteiger partial charge is 0.280 e. The Balaban J connectivity index is 0.000000573. The van der Waals surface area contributed by atoms with E-state index < -0.39 is 4.92 Å². The highest BCUT2D eigenvalue weighted by atomic mass is 16.6. The summed E-state index contributed by atoms with van der Waals surface area (Å²) in [5, 5.41) is 11.3. The first-order valence-electron chi connectivity index (χ1n) is 6.79. The molecule has 0 spiro atoms. The molecule has 0 saturated carbocycles. The van der Waals surface area contributed by atoms with Gasteiger partial charge >= 0.3 is 0 Å². The largest absolute Gasteiger partial charge is 0.464 e. The van der Waals surface area contributed by atoms with Crippen molar-refractivity contribution in [2.75, 3.05) is 0 Å². The van der Waals surface area contributed by atoms with E-state index in [0.29, 0.717) is 11.0 Å². The van der Waals surface area contributed by atoms with Crippen LogP contribution in [0.15, 0.2) is 28.9 Å². The third kappa shape index (κ3) is 4.39. The zero-order valence-electron chi connectivity index (χ0n) is 12.4. The van der Waals surface area contributed by atoms with Gasteiger partial charge in [-0.25, -0.2) is 0 Å². The molecule has 4 nitrogen and oxygen atoms in total. The van der Waals surface area contributed by atoms with E-state index in [0.717, 1.165) is 12.0 Å². The molecule has 2 aromatic rings. The van der Waals surface area contributed by atoms with Crippen molar-refractivity contribution in [1.29, 1.82) is 0 Å². The minimum absolute atomic E-state index is 0.103. The van der Waals surface area contributed by atoms with Gasteiger partial charge in [-0.1, -0.05) is 41.0 Å². The molecule has 0 N–H and O–H groups in total. The number of nitrogens with zero attached hydrogens (tertiary/aromatic N) is 1. The normalized spacial score (nSPS) is 9.11. The van der Waals surface area contributed by atoms with E-state index >= 15 is 0 Å². The van der Waals surface area contributed by atoms with Gasteiger partial charge in [0.15, 0.2) is 0 Å². The van der Waals surface area contributed by atoms with Gasteiger partial charge in [-0.2, -0.15) is 0 Å². The standard InChI is InChI=1S/C10H9NO3.C3H8.C2H6/c1-2-7-3-4-9(11(12)13)8-5-6-14-10(7)8;1-3-2;1-2/h3-6H,2H2,1H3;3H2,1-2H3;1-2H3. The minimum Gasteiger partial charge on any atom is -0.464 e. The van der Waals surface area contributed by atoms with Crippen LogP contribution >= 0.6 is 0 Å². The molecule has 0 saturated heterocycles. The third-order valence-electron chi connectivity index (χ3n) is 2.25. The predicted octanol–water partition coefficient (Wildman–Crippen LogP) is 5.35. The lowest BCUT2D eigenvalue weighted by Crippen LogP contribution is -1.90. The highest BCUT2D eigenvalue weighted by molar-refractivity contribution is 5.89. The van der Waals surface area contributed by atoms with Crippen LogP contribution < -0.4 is 0 Å². The quantitative estimate of drug-likeness (QED) is 0.543. The van der Waals surface area contributed by atoms with Crippen LogP contribution in [0.25, 0.3) is 11.0 Å². The number of nitro benzene ring substituents is 1. The molecule has 106 valence electrons. The molecule has 0 fully saturated rings. The fourth-order valence-corrected chi connectivity index (χ4v) is 1.54. The van der Waals surface area contributed by atoms with Gasteiger partial charge in [0, 0.05) is 6.07 Å². The Kier molecular flexibility index (Phi) is 8.25. The van der Waals surface area contributed by atoms with Crippen LogP contribution in [-0.2, 0) is 6.42 Å². The zero-order chi connectivity index (χ0) is 14.8. The second-order valence-corrected chi connectivity index (χ2v) is 3.72. The van der Waals surface area contributed by atoms with Gasteiger partial charge in [0.05, 0.1) is 16.6 Å². The predicted molar refractivity (Wildman–Crippen MR) is 79.6 cm³/mol. The Bertz CT molecular complexity index is 503. The molecule has 1 heterocycles. The van der Waals surface area contributed by atoms with Crippen molar-refractivity contribution in [3.05, 3.63) is 40.1 Å². The van der Waals surface area contributed by atoms with Gasteiger partial charge in [-0.15, -0.1) is 0 Å². The van der Waals surface area contributed by atoms with Gasteiger partial charge in [0.1, 0.15) is 5.58 Å². The van der Waals surface area contributed by atoms with Crippen LogP contribution in [0.4, 0.5) is 5.69 Å². The van der Waals surface area contributed by atoms with Gasteiger partial charge < -0.3 is 4.42 Å². The Morgan fingerprint density at radius 3 is 2.21 bits per heavy atom. The number of non-ortho nitro benzene ring substituents is 1. The number of hydrogen-bond acceptors (Lipinski definition) is 3. The summed E-state index contributed by atoms with van der Waals surface area (Å²) >= 11 is 0. The molecule has 0 aliphatic rings. The number of rotatable bonds is 2. The summed E-state index contributed by atoms with van der Waals surface area (Å²) in [5.41, 5.74) is 1.73. The van der Waals surface area contributed by atoms with Crippen LogP contribution in [0.5, 0.6) is 0 Å². The molecule has 1 aromatic carbocycles. The molecule has 0 bridgehead atoms. The third-order valence-corrected chi connectivity index (χ3v) is 2.25. The van der Waals surface area contributed by atoms with E-state index in [9.17, 15) is 10.1 Å². The lowest BCUT2D eigenvalue weighted by atomic mass is 10.1. The second-order valence-electron chi connectivity index (χ2n) is 3.72. The SMILES string of the molecule is CC.CCC.CCc1ccc([N+](=O)[O-])c2ccoc12. The molecule has 0 radical (unpaired) electrons. The maximum absolute atomic E-state index is 10.7. The molecule has 0 unspecified atom stereocenters. The highest BCUT2D eigenvalue weighted by Crippen LogP contribution is 2.29. The van der Waals surface area contributed by atoms with Gasteiger partial charge in [0.25, 0.3) is 5.69 Å². The second kappa shape index (κ2) is 9.14. The maximum Gasteiger partial charge on any atom is 0.280 e.